The van der Waals surface area contributed by atoms with Gasteiger partial charge < -0.3 is 29.0 Å². The fraction of sp³-hybridized carbons (Fsp3) is 0.407. The predicted octanol–water partition coefficient (Wildman–Crippen LogP) is 3.56. The number of aromatic nitrogens is 1. The minimum atomic E-state index is -0.552. The first-order valence-corrected chi connectivity index (χ1v) is 11.9. The molecule has 0 bridgehead atoms. The van der Waals surface area contributed by atoms with Gasteiger partial charge in [0, 0.05) is 30.7 Å². The number of hydrogen-bond acceptors (Lipinski definition) is 5. The Kier molecular flexibility index (Phi) is 6.15. The fourth-order valence-electron chi connectivity index (χ4n) is 5.12. The van der Waals surface area contributed by atoms with Crippen LogP contribution in [0, 0.1) is 13.8 Å². The highest BCUT2D eigenvalue weighted by Crippen LogP contribution is 2.41. The molecule has 0 unspecified atom stereocenters. The molecule has 8 heteroatoms. The lowest BCUT2D eigenvalue weighted by Crippen LogP contribution is -2.52. The number of rotatable bonds is 3. The monoisotopic (exact) mass is 477 g/mol. The Morgan fingerprint density at radius 1 is 0.943 bits per heavy atom. The third kappa shape index (κ3) is 4.12. The largest absolute Gasteiger partial charge is 0.493 e. The standard InChI is InChI=1S/C27H31N3O5/c1-16-11-19-13-21(26(31)28-22(19)12-17(16)2)25-20-15-24(34-4)23(33-3)14-18(20)5-6-30(25)27(32)29-7-9-35-10-8-29/h11-15,25H,5-10H2,1-4H3,(H,28,31)/t25-/m1/s1. The molecule has 1 aromatic heterocycles. The first-order valence-electron chi connectivity index (χ1n) is 11.9. The van der Waals surface area contributed by atoms with Crippen LogP contribution in [0.1, 0.15) is 33.9 Å². The zero-order valence-electron chi connectivity index (χ0n) is 20.6. The molecule has 184 valence electrons. The minimum absolute atomic E-state index is 0.0849. The number of methoxy groups -OCH3 is 2. The molecule has 1 saturated heterocycles. The molecule has 2 amide bonds. The lowest BCUT2D eigenvalue weighted by molar-refractivity contribution is 0.0399. The Hall–Kier alpha value is -3.52. The van der Waals surface area contributed by atoms with E-state index >= 15 is 0 Å². The molecule has 3 heterocycles. The molecule has 2 aromatic carbocycles. The van der Waals surface area contributed by atoms with Crippen LogP contribution in [0.3, 0.4) is 0 Å². The van der Waals surface area contributed by atoms with Crippen LogP contribution in [0.2, 0.25) is 0 Å². The fourth-order valence-corrected chi connectivity index (χ4v) is 5.12. The summed E-state index contributed by atoms with van der Waals surface area (Å²) in [6.07, 6.45) is 0.659. The van der Waals surface area contributed by atoms with Crippen LogP contribution >= 0.6 is 0 Å². The molecule has 3 aromatic rings. The Morgan fingerprint density at radius 3 is 2.34 bits per heavy atom. The molecule has 5 rings (SSSR count). The maximum absolute atomic E-state index is 13.7. The van der Waals surface area contributed by atoms with Gasteiger partial charge in [-0.25, -0.2) is 4.79 Å². The average Bonchev–Trinajstić information content (AvgIpc) is 2.88. The third-order valence-electron chi connectivity index (χ3n) is 7.18. The predicted molar refractivity (Wildman–Crippen MR) is 134 cm³/mol. The average molecular weight is 478 g/mol. The molecule has 2 aliphatic heterocycles. The number of amides is 2. The molecule has 0 saturated carbocycles. The van der Waals surface area contributed by atoms with Gasteiger partial charge in [0.15, 0.2) is 11.5 Å². The Bertz CT molecular complexity index is 1340. The summed E-state index contributed by atoms with van der Waals surface area (Å²) in [4.78, 5) is 33.9. The molecular weight excluding hydrogens is 446 g/mol. The molecule has 0 aliphatic carbocycles. The van der Waals surface area contributed by atoms with Gasteiger partial charge in [0.2, 0.25) is 0 Å². The maximum Gasteiger partial charge on any atom is 0.320 e. The lowest BCUT2D eigenvalue weighted by Gasteiger charge is -2.41. The van der Waals surface area contributed by atoms with E-state index in [1.807, 2.05) is 41.0 Å². The first-order chi connectivity index (χ1) is 16.9. The van der Waals surface area contributed by atoms with Crippen molar-refractivity contribution in [1.29, 1.82) is 0 Å². The summed E-state index contributed by atoms with van der Waals surface area (Å²) < 4.78 is 16.6. The number of ether oxygens (including phenoxy) is 3. The van der Waals surface area contributed by atoms with Gasteiger partial charge in [0.25, 0.3) is 5.56 Å². The lowest BCUT2D eigenvalue weighted by atomic mass is 9.87. The van der Waals surface area contributed by atoms with Gasteiger partial charge in [-0.15, -0.1) is 0 Å². The Morgan fingerprint density at radius 2 is 1.63 bits per heavy atom. The summed E-state index contributed by atoms with van der Waals surface area (Å²) in [5.74, 6) is 1.21. The number of carbonyl (C=O) groups is 1. The van der Waals surface area contributed by atoms with Crippen molar-refractivity contribution in [2.24, 2.45) is 0 Å². The number of morpholine rings is 1. The van der Waals surface area contributed by atoms with E-state index in [0.717, 1.165) is 33.2 Å². The molecule has 0 spiro atoms. The van der Waals surface area contributed by atoms with Gasteiger partial charge in [-0.05, 0) is 78.2 Å². The number of aromatic amines is 1. The number of benzene rings is 2. The van der Waals surface area contributed by atoms with Crippen LogP contribution < -0.4 is 15.0 Å². The van der Waals surface area contributed by atoms with Crippen molar-refractivity contribution in [1.82, 2.24) is 14.8 Å². The maximum atomic E-state index is 13.7. The highest BCUT2D eigenvalue weighted by Gasteiger charge is 2.37. The van der Waals surface area contributed by atoms with Crippen molar-refractivity contribution >= 4 is 16.9 Å². The number of carbonyl (C=O) groups excluding carboxylic acids is 1. The molecule has 8 nitrogen and oxygen atoms in total. The van der Waals surface area contributed by atoms with Crippen molar-refractivity contribution in [3.63, 3.8) is 0 Å². The molecule has 1 fully saturated rings. The molecule has 0 radical (unpaired) electrons. The van der Waals surface area contributed by atoms with E-state index in [4.69, 9.17) is 14.2 Å². The molecule has 35 heavy (non-hydrogen) atoms. The van der Waals surface area contributed by atoms with E-state index < -0.39 is 6.04 Å². The van der Waals surface area contributed by atoms with E-state index in [1.54, 1.807) is 14.2 Å². The van der Waals surface area contributed by atoms with Crippen molar-refractivity contribution < 1.29 is 19.0 Å². The number of nitrogens with one attached hydrogen (secondary N) is 1. The molecule has 1 N–H and O–H groups in total. The number of pyridine rings is 1. The van der Waals surface area contributed by atoms with Gasteiger partial charge in [-0.3, -0.25) is 4.79 Å². The highest BCUT2D eigenvalue weighted by molar-refractivity contribution is 5.82. The Labute approximate surface area is 204 Å². The second-order valence-electron chi connectivity index (χ2n) is 9.21. The summed E-state index contributed by atoms with van der Waals surface area (Å²) in [5, 5.41) is 0.939. The highest BCUT2D eigenvalue weighted by atomic mass is 16.5. The van der Waals surface area contributed by atoms with Crippen LogP contribution in [0.25, 0.3) is 10.9 Å². The van der Waals surface area contributed by atoms with Crippen LogP contribution in [0.5, 0.6) is 11.5 Å². The minimum Gasteiger partial charge on any atom is -0.493 e. The van der Waals surface area contributed by atoms with E-state index in [1.165, 1.54) is 0 Å². The topological polar surface area (TPSA) is 84.1 Å². The second kappa shape index (κ2) is 9.26. The van der Waals surface area contributed by atoms with Gasteiger partial charge in [0.1, 0.15) is 0 Å². The van der Waals surface area contributed by atoms with Crippen LogP contribution in [-0.4, -0.2) is 67.9 Å². The zero-order chi connectivity index (χ0) is 24.7. The van der Waals surface area contributed by atoms with Crippen molar-refractivity contribution in [3.05, 3.63) is 68.5 Å². The van der Waals surface area contributed by atoms with E-state index in [-0.39, 0.29) is 11.6 Å². The van der Waals surface area contributed by atoms with Crippen molar-refractivity contribution in [2.45, 2.75) is 26.3 Å². The van der Waals surface area contributed by atoms with Gasteiger partial charge in [0.05, 0.1) is 33.5 Å². The smallest absolute Gasteiger partial charge is 0.320 e. The Balaban J connectivity index is 1.70. The third-order valence-corrected chi connectivity index (χ3v) is 7.18. The summed E-state index contributed by atoms with van der Waals surface area (Å²) >= 11 is 0. The van der Waals surface area contributed by atoms with E-state index in [9.17, 15) is 9.59 Å². The van der Waals surface area contributed by atoms with Gasteiger partial charge in [-0.1, -0.05) is 0 Å². The SMILES string of the molecule is COc1cc2c(cc1OC)[C@H](c1cc3cc(C)c(C)cc3[nH]c1=O)N(C(=O)N1CCOCC1)CC2. The summed E-state index contributed by atoms with van der Waals surface area (Å²) in [6.45, 7) is 6.68. The van der Waals surface area contributed by atoms with Crippen LogP contribution in [0.4, 0.5) is 4.79 Å². The van der Waals surface area contributed by atoms with Crippen molar-refractivity contribution in [2.75, 3.05) is 47.1 Å². The normalized spacial score (nSPS) is 17.9. The quantitative estimate of drug-likeness (QED) is 0.624. The first kappa shape index (κ1) is 23.2. The molecule has 1 atom stereocenters. The number of hydrogen-bond donors (Lipinski definition) is 1. The number of aryl methyl sites for hydroxylation is 2. The van der Waals surface area contributed by atoms with Gasteiger partial charge in [-0.2, -0.15) is 0 Å². The summed E-state index contributed by atoms with van der Waals surface area (Å²) in [5.41, 5.74) is 5.31. The van der Waals surface area contributed by atoms with Crippen molar-refractivity contribution in [3.8, 4) is 11.5 Å². The number of fused-ring (bicyclic) bond motifs is 2. The second-order valence-corrected chi connectivity index (χ2v) is 9.21. The summed E-state index contributed by atoms with van der Waals surface area (Å²) in [7, 11) is 3.20. The van der Waals surface area contributed by atoms with E-state index in [0.29, 0.717) is 56.3 Å². The summed E-state index contributed by atoms with van der Waals surface area (Å²) in [6, 6.07) is 9.23. The number of H-pyrrole nitrogens is 1. The molecular formula is C27H31N3O5. The van der Waals surface area contributed by atoms with Crippen LogP contribution in [-0.2, 0) is 11.2 Å². The molecule has 2 aliphatic rings. The van der Waals surface area contributed by atoms with Crippen LogP contribution in [0.15, 0.2) is 35.1 Å². The van der Waals surface area contributed by atoms with E-state index in [2.05, 4.69) is 18.0 Å². The van der Waals surface area contributed by atoms with Gasteiger partial charge >= 0.3 is 6.03 Å². The zero-order valence-corrected chi connectivity index (χ0v) is 20.6. The number of nitrogens with zero attached hydrogens (tertiary/aromatic N) is 2. The number of urea groups is 1.